The minimum atomic E-state index is 0.0689. The molecule has 0 fully saturated rings. The second kappa shape index (κ2) is 6.28. The van der Waals surface area contributed by atoms with Gasteiger partial charge in [0, 0.05) is 30.2 Å². The molecule has 3 rings (SSSR count). The third-order valence-electron chi connectivity index (χ3n) is 3.36. The number of nitrogens with two attached hydrogens (primary N) is 1. The van der Waals surface area contributed by atoms with Gasteiger partial charge in [-0.1, -0.05) is 12.1 Å². The van der Waals surface area contributed by atoms with Crippen molar-refractivity contribution in [2.45, 2.75) is 25.8 Å². The fourth-order valence-corrected chi connectivity index (χ4v) is 3.00. The molecule has 0 aliphatic rings. The van der Waals surface area contributed by atoms with E-state index in [2.05, 4.69) is 18.0 Å². The third-order valence-corrected chi connectivity index (χ3v) is 4.13. The van der Waals surface area contributed by atoms with Crippen molar-refractivity contribution in [2.24, 2.45) is 5.73 Å². The Morgan fingerprint density at radius 3 is 3.14 bits per heavy atom. The van der Waals surface area contributed by atoms with Crippen molar-refractivity contribution in [3.63, 3.8) is 0 Å². The first-order valence-corrected chi connectivity index (χ1v) is 7.95. The second-order valence-corrected chi connectivity index (χ2v) is 6.12. The lowest BCUT2D eigenvalue weighted by Crippen LogP contribution is -2.25. The minimum Gasteiger partial charge on any atom is -0.494 e. The van der Waals surface area contributed by atoms with Gasteiger partial charge in [0.15, 0.2) is 4.96 Å². The van der Waals surface area contributed by atoms with E-state index in [1.807, 2.05) is 40.4 Å². The van der Waals surface area contributed by atoms with Gasteiger partial charge in [0.05, 0.1) is 12.3 Å². The zero-order chi connectivity index (χ0) is 14.7. The van der Waals surface area contributed by atoms with Gasteiger partial charge in [-0.2, -0.15) is 0 Å². The zero-order valence-electron chi connectivity index (χ0n) is 12.0. The Bertz CT molecular complexity index is 690. The monoisotopic (exact) mass is 301 g/mol. The standard InChI is InChI=1S/C16H19N3OS/c1-12-3-2-4-15(9-12)20-7-5-13(17)10-14-11-19-6-8-21-16(19)18-14/h2-4,6,8-9,11,13H,5,7,10,17H2,1H3. The summed E-state index contributed by atoms with van der Waals surface area (Å²) in [5.41, 5.74) is 8.41. The molecule has 3 aromatic rings. The Balaban J connectivity index is 1.48. The molecular weight excluding hydrogens is 282 g/mol. The first kappa shape index (κ1) is 14.1. The van der Waals surface area contributed by atoms with Crippen LogP contribution < -0.4 is 10.5 Å². The number of ether oxygens (including phenoxy) is 1. The molecule has 4 nitrogen and oxygen atoms in total. The summed E-state index contributed by atoms with van der Waals surface area (Å²) in [5, 5.41) is 2.03. The molecule has 0 amide bonds. The molecule has 0 aliphatic carbocycles. The molecule has 1 atom stereocenters. The average molecular weight is 301 g/mol. The maximum Gasteiger partial charge on any atom is 0.193 e. The summed E-state index contributed by atoms with van der Waals surface area (Å²) < 4.78 is 7.77. The third kappa shape index (κ3) is 3.62. The van der Waals surface area contributed by atoms with Gasteiger partial charge in [0.2, 0.25) is 0 Å². The van der Waals surface area contributed by atoms with Crippen LogP contribution in [0.2, 0.25) is 0 Å². The highest BCUT2D eigenvalue weighted by atomic mass is 32.1. The number of benzene rings is 1. The van der Waals surface area contributed by atoms with Gasteiger partial charge in [-0.3, -0.25) is 4.40 Å². The zero-order valence-corrected chi connectivity index (χ0v) is 12.8. The summed E-state index contributed by atoms with van der Waals surface area (Å²) in [6, 6.07) is 8.14. The Kier molecular flexibility index (Phi) is 4.22. The van der Waals surface area contributed by atoms with Crippen LogP contribution in [0.1, 0.15) is 17.7 Å². The first-order valence-electron chi connectivity index (χ1n) is 7.07. The Labute approximate surface area is 128 Å². The van der Waals surface area contributed by atoms with E-state index < -0.39 is 0 Å². The fraction of sp³-hybridized carbons (Fsp3) is 0.312. The van der Waals surface area contributed by atoms with E-state index in [1.54, 1.807) is 11.3 Å². The Hall–Kier alpha value is -1.85. The van der Waals surface area contributed by atoms with Crippen LogP contribution in [0, 0.1) is 6.92 Å². The fourth-order valence-electron chi connectivity index (χ4n) is 2.28. The number of rotatable bonds is 6. The van der Waals surface area contributed by atoms with E-state index in [0.29, 0.717) is 6.61 Å². The van der Waals surface area contributed by atoms with E-state index in [-0.39, 0.29) is 6.04 Å². The summed E-state index contributed by atoms with van der Waals surface area (Å²) in [4.78, 5) is 5.57. The van der Waals surface area contributed by atoms with Crippen molar-refractivity contribution < 1.29 is 4.74 Å². The molecule has 0 saturated carbocycles. The molecule has 0 bridgehead atoms. The molecule has 2 aromatic heterocycles. The molecule has 0 aliphatic heterocycles. The predicted molar refractivity (Wildman–Crippen MR) is 86.0 cm³/mol. The number of imidazole rings is 1. The maximum atomic E-state index is 6.16. The van der Waals surface area contributed by atoms with Gasteiger partial charge in [-0.05, 0) is 31.0 Å². The lowest BCUT2D eigenvalue weighted by molar-refractivity contribution is 0.297. The lowest BCUT2D eigenvalue weighted by atomic mass is 10.1. The van der Waals surface area contributed by atoms with E-state index in [4.69, 9.17) is 10.5 Å². The van der Waals surface area contributed by atoms with E-state index in [0.717, 1.165) is 29.2 Å². The normalized spacial score (nSPS) is 12.7. The average Bonchev–Trinajstić information content (AvgIpc) is 2.99. The summed E-state index contributed by atoms with van der Waals surface area (Å²) in [7, 11) is 0. The van der Waals surface area contributed by atoms with E-state index >= 15 is 0 Å². The summed E-state index contributed by atoms with van der Waals surface area (Å²) >= 11 is 1.64. The molecule has 110 valence electrons. The molecule has 2 heterocycles. The molecule has 0 saturated heterocycles. The lowest BCUT2D eigenvalue weighted by Gasteiger charge is -2.11. The molecule has 5 heteroatoms. The van der Waals surface area contributed by atoms with Crippen LogP contribution >= 0.6 is 11.3 Å². The first-order chi connectivity index (χ1) is 10.2. The SMILES string of the molecule is Cc1cccc(OCCC(N)Cc2cn3ccsc3n2)c1. The number of hydrogen-bond donors (Lipinski definition) is 1. The minimum absolute atomic E-state index is 0.0689. The van der Waals surface area contributed by atoms with Gasteiger partial charge in [-0.25, -0.2) is 4.98 Å². The largest absolute Gasteiger partial charge is 0.494 e. The van der Waals surface area contributed by atoms with Crippen molar-refractivity contribution in [2.75, 3.05) is 6.61 Å². The van der Waals surface area contributed by atoms with Crippen molar-refractivity contribution in [1.29, 1.82) is 0 Å². The van der Waals surface area contributed by atoms with Gasteiger partial charge < -0.3 is 10.5 Å². The number of thiazole rings is 1. The van der Waals surface area contributed by atoms with Gasteiger partial charge in [0.1, 0.15) is 5.75 Å². The highest BCUT2D eigenvalue weighted by Gasteiger charge is 2.09. The summed E-state index contributed by atoms with van der Waals surface area (Å²) in [6.07, 6.45) is 5.67. The molecule has 0 radical (unpaired) electrons. The van der Waals surface area contributed by atoms with Crippen LogP contribution in [0.3, 0.4) is 0 Å². The molecular formula is C16H19N3OS. The molecule has 2 N–H and O–H groups in total. The number of aryl methyl sites for hydroxylation is 1. The van der Waals surface area contributed by atoms with Crippen molar-refractivity contribution in [3.8, 4) is 5.75 Å². The van der Waals surface area contributed by atoms with Crippen LogP contribution in [0.5, 0.6) is 5.75 Å². The van der Waals surface area contributed by atoms with E-state index in [9.17, 15) is 0 Å². The highest BCUT2D eigenvalue weighted by molar-refractivity contribution is 7.15. The number of hydrogen-bond acceptors (Lipinski definition) is 4. The Morgan fingerprint density at radius 2 is 2.33 bits per heavy atom. The number of fused-ring (bicyclic) bond motifs is 1. The molecule has 0 spiro atoms. The van der Waals surface area contributed by atoms with Gasteiger partial charge >= 0.3 is 0 Å². The quantitative estimate of drug-likeness (QED) is 0.761. The van der Waals surface area contributed by atoms with Gasteiger partial charge in [-0.15, -0.1) is 11.3 Å². The van der Waals surface area contributed by atoms with Crippen LogP contribution in [0.25, 0.3) is 4.96 Å². The van der Waals surface area contributed by atoms with Crippen LogP contribution in [-0.2, 0) is 6.42 Å². The van der Waals surface area contributed by atoms with E-state index in [1.165, 1.54) is 5.56 Å². The van der Waals surface area contributed by atoms with Crippen LogP contribution in [-0.4, -0.2) is 22.0 Å². The topological polar surface area (TPSA) is 52.5 Å². The number of aromatic nitrogens is 2. The molecule has 1 unspecified atom stereocenters. The summed E-state index contributed by atoms with van der Waals surface area (Å²) in [6.45, 7) is 2.69. The second-order valence-electron chi connectivity index (χ2n) is 5.24. The molecule has 21 heavy (non-hydrogen) atoms. The predicted octanol–water partition coefficient (Wildman–Crippen LogP) is 3.04. The van der Waals surface area contributed by atoms with Gasteiger partial charge in [0.25, 0.3) is 0 Å². The van der Waals surface area contributed by atoms with Crippen LogP contribution in [0.4, 0.5) is 0 Å². The van der Waals surface area contributed by atoms with Crippen LogP contribution in [0.15, 0.2) is 42.0 Å². The van der Waals surface area contributed by atoms with Crippen molar-refractivity contribution in [1.82, 2.24) is 9.38 Å². The maximum absolute atomic E-state index is 6.16. The highest BCUT2D eigenvalue weighted by Crippen LogP contribution is 2.14. The Morgan fingerprint density at radius 1 is 1.43 bits per heavy atom. The number of nitrogens with zero attached hydrogens (tertiary/aromatic N) is 2. The van der Waals surface area contributed by atoms with Crippen molar-refractivity contribution in [3.05, 3.63) is 53.3 Å². The molecule has 1 aromatic carbocycles. The smallest absolute Gasteiger partial charge is 0.193 e. The summed E-state index contributed by atoms with van der Waals surface area (Å²) in [5.74, 6) is 0.907. The van der Waals surface area contributed by atoms with Crippen molar-refractivity contribution >= 4 is 16.3 Å².